The number of aryl methyl sites for hydroxylation is 2. The van der Waals surface area contributed by atoms with Crippen molar-refractivity contribution in [2.24, 2.45) is 0 Å². The van der Waals surface area contributed by atoms with Crippen LogP contribution < -0.4 is 9.80 Å². The lowest BCUT2D eigenvalue weighted by molar-refractivity contribution is 0.648. The summed E-state index contributed by atoms with van der Waals surface area (Å²) in [6.07, 6.45) is 0. The van der Waals surface area contributed by atoms with Crippen LogP contribution in [0.4, 0.5) is 34.1 Å². The molecule has 6 nitrogen and oxygen atoms in total. The highest BCUT2D eigenvalue weighted by Crippen LogP contribution is 2.63. The van der Waals surface area contributed by atoms with Crippen LogP contribution in [0.2, 0.25) is 0 Å². The Balaban J connectivity index is 0.927. The minimum Gasteiger partial charge on any atom is -0.455 e. The highest BCUT2D eigenvalue weighted by atomic mass is 16.3. The van der Waals surface area contributed by atoms with Crippen LogP contribution >= 0.6 is 0 Å². The minimum absolute atomic E-state index is 0.461. The van der Waals surface area contributed by atoms with Crippen LogP contribution in [0.3, 0.4) is 0 Å². The van der Waals surface area contributed by atoms with Gasteiger partial charge >= 0.3 is 0 Å². The smallest absolute Gasteiger partial charge is 0.159 e. The molecular weight excluding hydrogens is 981 g/mol. The molecule has 0 N–H and O–H groups in total. The summed E-state index contributed by atoms with van der Waals surface area (Å²) in [6.45, 7) is 14.0. The Labute approximate surface area is 461 Å². The number of para-hydroxylation sites is 8. The molecule has 0 saturated carbocycles. The van der Waals surface area contributed by atoms with Gasteiger partial charge < -0.3 is 27.5 Å². The van der Waals surface area contributed by atoms with Crippen molar-refractivity contribution in [1.29, 1.82) is 0 Å². The number of hydrogen-bond donors (Lipinski definition) is 0. The Bertz CT molecular complexity index is 4870. The lowest BCUT2D eigenvalue weighted by Crippen LogP contribution is -2.18. The molecule has 0 unspecified atom stereocenters. The van der Waals surface area contributed by atoms with Crippen molar-refractivity contribution >= 4 is 122 Å². The fourth-order valence-electron chi connectivity index (χ4n) is 14.2. The molecule has 0 aliphatic heterocycles. The van der Waals surface area contributed by atoms with Crippen LogP contribution in [0.1, 0.15) is 61.1 Å². The maximum absolute atomic E-state index is 7.31. The summed E-state index contributed by atoms with van der Waals surface area (Å²) in [5.41, 5.74) is 24.0. The summed E-state index contributed by atoms with van der Waals surface area (Å²) < 4.78 is 28.4. The molecule has 11 aromatic carbocycles. The molecule has 4 aromatic heterocycles. The van der Waals surface area contributed by atoms with Crippen LogP contribution in [0, 0.1) is 13.8 Å². The maximum Gasteiger partial charge on any atom is 0.159 e. The van der Waals surface area contributed by atoms with E-state index in [0.717, 1.165) is 144 Å². The second kappa shape index (κ2) is 15.9. The molecule has 382 valence electrons. The molecule has 0 saturated heterocycles. The number of benzene rings is 11. The van der Waals surface area contributed by atoms with Gasteiger partial charge in [-0.25, -0.2) is 0 Å². The number of rotatable bonds is 6. The molecule has 0 bridgehead atoms. The fraction of sp³-hybridized carbons (Fsp3) is 0.108. The van der Waals surface area contributed by atoms with Crippen LogP contribution in [-0.2, 0) is 10.8 Å². The van der Waals surface area contributed by atoms with Crippen molar-refractivity contribution in [1.82, 2.24) is 0 Å². The molecule has 0 amide bonds. The third-order valence-electron chi connectivity index (χ3n) is 18.1. The average Bonchev–Trinajstić information content (AvgIpc) is 3.77. The standard InChI is InChI=1S/C74H52N2O4/c1-41-21-7-13-29-55(41)75(57-31-19-27-45-43-23-9-15-33-61(43)77-69(45)57)59-39-53-65(71-67(59)47-25-11-17-35-63(47)79-71)49-37-52-50(38-51(49)73(53,3)4)66-54(74(52,5)6)40-60(68-48-26-12-18-36-64(48)80-72(66)68)76(56-30-14-8-22-42(56)2)58-32-20-28-46-44-24-10-16-34-62(44)78-70(46)58/h7-40H,1-6H3. The number of furan rings is 4. The zero-order valence-electron chi connectivity index (χ0n) is 45.2. The molecule has 0 spiro atoms. The van der Waals surface area contributed by atoms with Gasteiger partial charge in [-0.1, -0.05) is 161 Å². The highest BCUT2D eigenvalue weighted by Gasteiger charge is 2.46. The van der Waals surface area contributed by atoms with E-state index in [4.69, 9.17) is 17.7 Å². The second-order valence-electron chi connectivity index (χ2n) is 23.2. The van der Waals surface area contributed by atoms with E-state index >= 15 is 0 Å². The van der Waals surface area contributed by atoms with E-state index in [1.165, 1.54) is 33.4 Å². The van der Waals surface area contributed by atoms with Gasteiger partial charge in [0.25, 0.3) is 0 Å². The van der Waals surface area contributed by atoms with Gasteiger partial charge in [0.15, 0.2) is 11.2 Å². The first kappa shape index (κ1) is 45.3. The minimum atomic E-state index is -0.461. The van der Waals surface area contributed by atoms with E-state index in [0.29, 0.717) is 0 Å². The molecule has 0 fully saturated rings. The maximum atomic E-state index is 7.31. The van der Waals surface area contributed by atoms with Gasteiger partial charge in [0.2, 0.25) is 0 Å². The van der Waals surface area contributed by atoms with Crippen molar-refractivity contribution in [2.75, 3.05) is 9.80 Å². The second-order valence-corrected chi connectivity index (χ2v) is 23.2. The summed E-state index contributed by atoms with van der Waals surface area (Å²) in [7, 11) is 0. The van der Waals surface area contributed by atoms with Gasteiger partial charge in [-0.3, -0.25) is 0 Å². The zero-order valence-corrected chi connectivity index (χ0v) is 45.2. The van der Waals surface area contributed by atoms with E-state index < -0.39 is 10.8 Å². The van der Waals surface area contributed by atoms with Crippen molar-refractivity contribution < 1.29 is 17.7 Å². The summed E-state index contributed by atoms with van der Waals surface area (Å²) in [6, 6.07) is 74.1. The molecule has 15 aromatic rings. The molecule has 4 heterocycles. The normalized spacial score (nSPS) is 14.1. The quantitative estimate of drug-likeness (QED) is 0.165. The van der Waals surface area contributed by atoms with Crippen LogP contribution in [-0.4, -0.2) is 0 Å². The Morgan fingerprint density at radius 3 is 1.02 bits per heavy atom. The van der Waals surface area contributed by atoms with E-state index in [1.54, 1.807) is 0 Å². The number of hydrogen-bond acceptors (Lipinski definition) is 6. The first-order chi connectivity index (χ1) is 39.0. The Kier molecular flexibility index (Phi) is 9.01. The number of anilines is 6. The van der Waals surface area contributed by atoms with E-state index in [9.17, 15) is 0 Å². The van der Waals surface area contributed by atoms with Crippen molar-refractivity contribution in [3.8, 4) is 22.3 Å². The Morgan fingerprint density at radius 2 is 0.613 bits per heavy atom. The molecule has 0 atom stereocenters. The monoisotopic (exact) mass is 1030 g/mol. The molecule has 80 heavy (non-hydrogen) atoms. The molecular formula is C74H52N2O4. The average molecular weight is 1030 g/mol. The van der Waals surface area contributed by atoms with Crippen molar-refractivity contribution in [3.05, 3.63) is 240 Å². The molecule has 6 heteroatoms. The number of nitrogens with zero attached hydrogens (tertiary/aromatic N) is 2. The van der Waals surface area contributed by atoms with Gasteiger partial charge in [0.1, 0.15) is 33.5 Å². The largest absolute Gasteiger partial charge is 0.455 e. The Morgan fingerprint density at radius 1 is 0.287 bits per heavy atom. The predicted octanol–water partition coefficient (Wildman–Crippen LogP) is 21.5. The third-order valence-corrected chi connectivity index (χ3v) is 18.1. The molecule has 2 aliphatic rings. The van der Waals surface area contributed by atoms with E-state index in [2.05, 4.69) is 245 Å². The topological polar surface area (TPSA) is 59.0 Å². The first-order valence-electron chi connectivity index (χ1n) is 27.7. The fourth-order valence-corrected chi connectivity index (χ4v) is 14.2. The zero-order chi connectivity index (χ0) is 53.5. The van der Waals surface area contributed by atoms with Crippen molar-refractivity contribution in [3.63, 3.8) is 0 Å². The van der Waals surface area contributed by atoms with E-state index in [1.807, 2.05) is 12.1 Å². The summed E-state index contributed by atoms with van der Waals surface area (Å²) in [5.74, 6) is 0. The summed E-state index contributed by atoms with van der Waals surface area (Å²) in [5, 5.41) is 8.59. The first-order valence-corrected chi connectivity index (χ1v) is 27.7. The summed E-state index contributed by atoms with van der Waals surface area (Å²) in [4.78, 5) is 4.85. The van der Waals surface area contributed by atoms with Gasteiger partial charge in [-0.15, -0.1) is 0 Å². The van der Waals surface area contributed by atoms with Crippen LogP contribution in [0.25, 0.3) is 110 Å². The van der Waals surface area contributed by atoms with Crippen LogP contribution in [0.5, 0.6) is 0 Å². The number of fused-ring (bicyclic) bond motifs is 20. The summed E-state index contributed by atoms with van der Waals surface area (Å²) >= 11 is 0. The third kappa shape index (κ3) is 5.92. The van der Waals surface area contributed by atoms with Gasteiger partial charge in [-0.2, -0.15) is 0 Å². The SMILES string of the molecule is Cc1ccccc1N(c1cccc2c1oc1ccccc12)c1cc2c(c3oc4ccccc4c13)-c1cc3c(cc1C2(C)C)-c1c(cc(N(c2ccccc2C)c2cccc4c2oc2ccccc24)c2c1oc1ccccc12)C3(C)C. The lowest BCUT2D eigenvalue weighted by Gasteiger charge is -2.30. The predicted molar refractivity (Wildman–Crippen MR) is 330 cm³/mol. The lowest BCUT2D eigenvalue weighted by atomic mass is 9.79. The molecule has 0 radical (unpaired) electrons. The van der Waals surface area contributed by atoms with Gasteiger partial charge in [0.05, 0.1) is 33.5 Å². The molecule has 2 aliphatic carbocycles. The Hall–Kier alpha value is -9.78. The van der Waals surface area contributed by atoms with Crippen molar-refractivity contribution in [2.45, 2.75) is 52.4 Å². The van der Waals surface area contributed by atoms with Gasteiger partial charge in [-0.05, 0) is 131 Å². The van der Waals surface area contributed by atoms with E-state index in [-0.39, 0.29) is 0 Å². The van der Waals surface area contributed by atoms with Crippen LogP contribution in [0.15, 0.2) is 224 Å². The molecule has 17 rings (SSSR count). The highest BCUT2D eigenvalue weighted by molar-refractivity contribution is 6.23. The van der Waals surface area contributed by atoms with Gasteiger partial charge in [0, 0.05) is 65.6 Å².